The lowest BCUT2D eigenvalue weighted by Gasteiger charge is -2.08. The highest BCUT2D eigenvalue weighted by Gasteiger charge is 2.12. The third kappa shape index (κ3) is 5.15. The van der Waals surface area contributed by atoms with E-state index in [2.05, 4.69) is 29.5 Å². The van der Waals surface area contributed by atoms with Crippen molar-refractivity contribution in [1.29, 1.82) is 0 Å². The van der Waals surface area contributed by atoms with Gasteiger partial charge in [0, 0.05) is 12.2 Å². The quantitative estimate of drug-likeness (QED) is 0.854. The third-order valence-electron chi connectivity index (χ3n) is 3.30. The fourth-order valence-electron chi connectivity index (χ4n) is 2.01. The first-order valence-electron chi connectivity index (χ1n) is 7.78. The SMILES string of the molecule is CC(C)CCNC(=O)c1cccc(C(=O)Nc2cccc(F)c2)n1. The Hall–Kier alpha value is -2.76. The smallest absolute Gasteiger partial charge is 0.274 e. The maximum absolute atomic E-state index is 13.1. The molecule has 0 bridgehead atoms. The van der Waals surface area contributed by atoms with Crippen LogP contribution < -0.4 is 10.6 Å². The zero-order valence-electron chi connectivity index (χ0n) is 13.7. The monoisotopic (exact) mass is 329 g/mol. The van der Waals surface area contributed by atoms with Crippen molar-refractivity contribution < 1.29 is 14.0 Å². The summed E-state index contributed by atoms with van der Waals surface area (Å²) in [5.74, 6) is -0.783. The molecule has 126 valence electrons. The van der Waals surface area contributed by atoms with Crippen molar-refractivity contribution in [1.82, 2.24) is 10.3 Å². The molecule has 0 aliphatic rings. The molecule has 5 nitrogen and oxygen atoms in total. The van der Waals surface area contributed by atoms with Gasteiger partial charge in [0.2, 0.25) is 0 Å². The van der Waals surface area contributed by atoms with Crippen molar-refractivity contribution >= 4 is 17.5 Å². The molecule has 1 aromatic carbocycles. The molecule has 0 spiro atoms. The van der Waals surface area contributed by atoms with E-state index < -0.39 is 11.7 Å². The van der Waals surface area contributed by atoms with Crippen molar-refractivity contribution in [3.63, 3.8) is 0 Å². The lowest BCUT2D eigenvalue weighted by molar-refractivity contribution is 0.0947. The normalized spacial score (nSPS) is 10.5. The standard InChI is InChI=1S/C18H20FN3O2/c1-12(2)9-10-20-17(23)15-7-4-8-16(22-15)18(24)21-14-6-3-5-13(19)11-14/h3-8,11-12H,9-10H2,1-2H3,(H,20,23)(H,21,24). The van der Waals surface area contributed by atoms with Gasteiger partial charge in [0.1, 0.15) is 17.2 Å². The maximum atomic E-state index is 13.1. The van der Waals surface area contributed by atoms with E-state index in [0.717, 1.165) is 6.42 Å². The number of pyridine rings is 1. The van der Waals surface area contributed by atoms with E-state index in [1.807, 2.05) is 0 Å². The zero-order valence-corrected chi connectivity index (χ0v) is 13.7. The van der Waals surface area contributed by atoms with Crippen LogP contribution in [0.1, 0.15) is 41.2 Å². The average Bonchev–Trinajstić information content (AvgIpc) is 2.54. The van der Waals surface area contributed by atoms with Gasteiger partial charge >= 0.3 is 0 Å². The summed E-state index contributed by atoms with van der Waals surface area (Å²) in [6, 6.07) is 10.2. The molecule has 2 N–H and O–H groups in total. The first kappa shape index (κ1) is 17.6. The predicted octanol–water partition coefficient (Wildman–Crippen LogP) is 3.25. The van der Waals surface area contributed by atoms with Crippen LogP contribution in [0.25, 0.3) is 0 Å². The third-order valence-corrected chi connectivity index (χ3v) is 3.30. The topological polar surface area (TPSA) is 71.1 Å². The first-order valence-corrected chi connectivity index (χ1v) is 7.78. The van der Waals surface area contributed by atoms with Crippen molar-refractivity contribution in [3.05, 3.63) is 59.7 Å². The van der Waals surface area contributed by atoms with Gasteiger partial charge in [0.15, 0.2) is 0 Å². The van der Waals surface area contributed by atoms with E-state index in [1.54, 1.807) is 18.2 Å². The minimum atomic E-state index is -0.502. The largest absolute Gasteiger partial charge is 0.351 e. The molecular weight excluding hydrogens is 309 g/mol. The van der Waals surface area contributed by atoms with Gasteiger partial charge in [0.05, 0.1) is 0 Å². The number of nitrogens with zero attached hydrogens (tertiary/aromatic N) is 1. The summed E-state index contributed by atoms with van der Waals surface area (Å²) >= 11 is 0. The van der Waals surface area contributed by atoms with Crippen LogP contribution in [0.15, 0.2) is 42.5 Å². The number of amides is 2. The molecule has 2 rings (SSSR count). The molecule has 2 aromatic rings. The summed E-state index contributed by atoms with van der Waals surface area (Å²) in [4.78, 5) is 28.3. The van der Waals surface area contributed by atoms with Gasteiger partial charge in [-0.15, -0.1) is 0 Å². The van der Waals surface area contributed by atoms with Crippen LogP contribution in [0.4, 0.5) is 10.1 Å². The number of hydrogen-bond donors (Lipinski definition) is 2. The van der Waals surface area contributed by atoms with Gasteiger partial charge < -0.3 is 10.6 Å². The van der Waals surface area contributed by atoms with Gasteiger partial charge in [0.25, 0.3) is 11.8 Å². The van der Waals surface area contributed by atoms with Crippen molar-refractivity contribution in [2.75, 3.05) is 11.9 Å². The van der Waals surface area contributed by atoms with E-state index >= 15 is 0 Å². The van der Waals surface area contributed by atoms with Crippen molar-refractivity contribution in [3.8, 4) is 0 Å². The van der Waals surface area contributed by atoms with Crippen LogP contribution in [0.5, 0.6) is 0 Å². The minimum absolute atomic E-state index is 0.0933. The van der Waals surface area contributed by atoms with Gasteiger partial charge in [-0.1, -0.05) is 26.0 Å². The van der Waals surface area contributed by atoms with E-state index in [1.165, 1.54) is 24.3 Å². The highest BCUT2D eigenvalue weighted by Crippen LogP contribution is 2.11. The Bertz CT molecular complexity index is 732. The summed E-state index contributed by atoms with van der Waals surface area (Å²) < 4.78 is 13.1. The lowest BCUT2D eigenvalue weighted by Crippen LogP contribution is -2.27. The predicted molar refractivity (Wildman–Crippen MR) is 90.4 cm³/mol. The number of carbonyl (C=O) groups excluding carboxylic acids is 2. The Morgan fingerprint density at radius 1 is 1.08 bits per heavy atom. The van der Waals surface area contributed by atoms with E-state index in [4.69, 9.17) is 0 Å². The molecule has 6 heteroatoms. The molecule has 1 heterocycles. The van der Waals surface area contributed by atoms with Crippen LogP contribution in [0, 0.1) is 11.7 Å². The number of carbonyl (C=O) groups is 2. The Balaban J connectivity index is 2.03. The fraction of sp³-hybridized carbons (Fsp3) is 0.278. The Morgan fingerprint density at radius 3 is 2.42 bits per heavy atom. The molecule has 0 saturated heterocycles. The van der Waals surface area contributed by atoms with Crippen molar-refractivity contribution in [2.45, 2.75) is 20.3 Å². The number of anilines is 1. The second-order valence-electron chi connectivity index (χ2n) is 5.81. The van der Waals surface area contributed by atoms with Crippen LogP contribution >= 0.6 is 0 Å². The molecule has 24 heavy (non-hydrogen) atoms. The number of rotatable bonds is 6. The second-order valence-corrected chi connectivity index (χ2v) is 5.81. The highest BCUT2D eigenvalue weighted by atomic mass is 19.1. The van der Waals surface area contributed by atoms with E-state index in [-0.39, 0.29) is 17.3 Å². The van der Waals surface area contributed by atoms with Gasteiger partial charge in [-0.05, 0) is 42.7 Å². The Kier molecular flexibility index (Phi) is 6.01. The molecule has 0 radical (unpaired) electrons. The molecule has 2 amide bonds. The summed E-state index contributed by atoms with van der Waals surface area (Å²) in [6.07, 6.45) is 0.867. The van der Waals surface area contributed by atoms with Gasteiger partial charge in [-0.3, -0.25) is 9.59 Å². The number of nitrogens with one attached hydrogen (secondary N) is 2. The molecule has 0 aliphatic carbocycles. The van der Waals surface area contributed by atoms with Crippen LogP contribution in [-0.2, 0) is 0 Å². The minimum Gasteiger partial charge on any atom is -0.351 e. The molecule has 0 unspecified atom stereocenters. The molecule has 0 fully saturated rings. The van der Waals surface area contributed by atoms with Crippen LogP contribution in [0.3, 0.4) is 0 Å². The number of benzene rings is 1. The maximum Gasteiger partial charge on any atom is 0.274 e. The molecule has 0 atom stereocenters. The Labute approximate surface area is 140 Å². The summed E-state index contributed by atoms with van der Waals surface area (Å²) in [7, 11) is 0. The first-order chi connectivity index (χ1) is 11.5. The molecule has 1 aromatic heterocycles. The van der Waals surface area contributed by atoms with Gasteiger partial charge in [-0.2, -0.15) is 0 Å². The summed E-state index contributed by atoms with van der Waals surface area (Å²) in [6.45, 7) is 4.70. The number of halogens is 1. The molecular formula is C18H20FN3O2. The molecule has 0 saturated carbocycles. The van der Waals surface area contributed by atoms with E-state index in [0.29, 0.717) is 18.2 Å². The summed E-state index contributed by atoms with van der Waals surface area (Å²) in [5, 5.41) is 5.32. The lowest BCUT2D eigenvalue weighted by atomic mass is 10.1. The second kappa shape index (κ2) is 8.19. The fourth-order valence-corrected chi connectivity index (χ4v) is 2.01. The average molecular weight is 329 g/mol. The number of hydrogen-bond acceptors (Lipinski definition) is 3. The van der Waals surface area contributed by atoms with E-state index in [9.17, 15) is 14.0 Å². The molecule has 0 aliphatic heterocycles. The van der Waals surface area contributed by atoms with Crippen LogP contribution in [0.2, 0.25) is 0 Å². The zero-order chi connectivity index (χ0) is 17.5. The van der Waals surface area contributed by atoms with Crippen molar-refractivity contribution in [2.24, 2.45) is 5.92 Å². The number of aromatic nitrogens is 1. The highest BCUT2D eigenvalue weighted by molar-refractivity contribution is 6.03. The Morgan fingerprint density at radius 2 is 1.75 bits per heavy atom. The summed E-state index contributed by atoms with van der Waals surface area (Å²) in [5.41, 5.74) is 0.593. The van der Waals surface area contributed by atoms with Gasteiger partial charge in [-0.25, -0.2) is 9.37 Å². The van der Waals surface area contributed by atoms with Crippen LogP contribution in [-0.4, -0.2) is 23.3 Å².